The Morgan fingerprint density at radius 1 is 1.33 bits per heavy atom. The van der Waals surface area contributed by atoms with Crippen LogP contribution < -0.4 is 4.90 Å². The largest absolute Gasteiger partial charge is 0.355 e. The summed E-state index contributed by atoms with van der Waals surface area (Å²) in [6.45, 7) is 2.84. The molecule has 0 unspecified atom stereocenters. The van der Waals surface area contributed by atoms with Crippen molar-refractivity contribution in [2.75, 3.05) is 18.6 Å². The lowest BCUT2D eigenvalue weighted by Crippen LogP contribution is -2.24. The van der Waals surface area contributed by atoms with Crippen molar-refractivity contribution in [3.63, 3.8) is 0 Å². The zero-order chi connectivity index (χ0) is 8.55. The van der Waals surface area contributed by atoms with E-state index in [1.165, 1.54) is 11.3 Å². The summed E-state index contributed by atoms with van der Waals surface area (Å²) >= 11 is 0. The highest BCUT2D eigenvalue weighted by Crippen LogP contribution is 2.22. The number of nitrogens with zero attached hydrogens (tertiary/aromatic N) is 2. The van der Waals surface area contributed by atoms with Gasteiger partial charge in [-0.25, -0.2) is 0 Å². The number of rotatable bonds is 0. The van der Waals surface area contributed by atoms with Gasteiger partial charge in [-0.3, -0.25) is 4.99 Å². The van der Waals surface area contributed by atoms with Crippen LogP contribution in [0.2, 0.25) is 0 Å². The van der Waals surface area contributed by atoms with Crippen LogP contribution in [0.25, 0.3) is 0 Å². The minimum Gasteiger partial charge on any atom is -0.355 e. The average molecular weight is 160 g/mol. The van der Waals surface area contributed by atoms with E-state index in [9.17, 15) is 0 Å². The standard InChI is InChI=1S/C10H12N2/c1-8-9-5-3-4-6-10(9)12(2)7-11-8/h3-6H,7H2,1-2H3. The van der Waals surface area contributed by atoms with E-state index >= 15 is 0 Å². The molecule has 2 nitrogen and oxygen atoms in total. The minimum atomic E-state index is 0.781. The van der Waals surface area contributed by atoms with E-state index in [2.05, 4.69) is 48.1 Å². The molecule has 0 amide bonds. The van der Waals surface area contributed by atoms with E-state index in [1.807, 2.05) is 0 Å². The second-order valence-electron chi connectivity index (χ2n) is 3.10. The Morgan fingerprint density at radius 3 is 2.83 bits per heavy atom. The number of para-hydroxylation sites is 1. The van der Waals surface area contributed by atoms with Gasteiger partial charge in [0.05, 0.1) is 0 Å². The predicted octanol–water partition coefficient (Wildman–Crippen LogP) is 1.90. The normalized spacial score (nSPS) is 15.5. The first-order chi connectivity index (χ1) is 5.79. The summed E-state index contributed by atoms with van der Waals surface area (Å²) in [7, 11) is 2.06. The first kappa shape index (κ1) is 7.35. The van der Waals surface area contributed by atoms with E-state index in [0.717, 1.165) is 12.4 Å². The fourth-order valence-corrected chi connectivity index (χ4v) is 1.49. The van der Waals surface area contributed by atoms with E-state index in [0.29, 0.717) is 0 Å². The van der Waals surface area contributed by atoms with Gasteiger partial charge in [0, 0.05) is 24.0 Å². The van der Waals surface area contributed by atoms with Crippen LogP contribution in [0.4, 0.5) is 5.69 Å². The van der Waals surface area contributed by atoms with Gasteiger partial charge in [0.1, 0.15) is 6.67 Å². The number of fused-ring (bicyclic) bond motifs is 1. The molecule has 0 radical (unpaired) electrons. The topological polar surface area (TPSA) is 15.6 Å². The third kappa shape index (κ3) is 0.998. The molecule has 0 atom stereocenters. The summed E-state index contributed by atoms with van der Waals surface area (Å²) < 4.78 is 0. The fraction of sp³-hybridized carbons (Fsp3) is 0.300. The summed E-state index contributed by atoms with van der Waals surface area (Å²) in [5, 5.41) is 0. The van der Waals surface area contributed by atoms with Crippen molar-refractivity contribution in [2.45, 2.75) is 6.92 Å². The van der Waals surface area contributed by atoms with Crippen LogP contribution in [0, 0.1) is 0 Å². The molecule has 0 bridgehead atoms. The summed E-state index contributed by atoms with van der Waals surface area (Å²) in [4.78, 5) is 6.55. The second-order valence-corrected chi connectivity index (χ2v) is 3.10. The third-order valence-corrected chi connectivity index (χ3v) is 2.23. The van der Waals surface area contributed by atoms with Gasteiger partial charge in [0.25, 0.3) is 0 Å². The molecule has 62 valence electrons. The lowest BCUT2D eigenvalue weighted by Gasteiger charge is -2.24. The van der Waals surface area contributed by atoms with Crippen LogP contribution >= 0.6 is 0 Å². The first-order valence-electron chi connectivity index (χ1n) is 4.10. The third-order valence-electron chi connectivity index (χ3n) is 2.23. The summed E-state index contributed by atoms with van der Waals surface area (Å²) in [6.07, 6.45) is 0. The molecule has 1 aliphatic rings. The van der Waals surface area contributed by atoms with Crippen molar-refractivity contribution in [3.05, 3.63) is 29.8 Å². The zero-order valence-corrected chi connectivity index (χ0v) is 7.41. The minimum absolute atomic E-state index is 0.781. The maximum atomic E-state index is 4.39. The lowest BCUT2D eigenvalue weighted by molar-refractivity contribution is 0.915. The molecule has 0 spiro atoms. The van der Waals surface area contributed by atoms with Crippen LogP contribution in [-0.4, -0.2) is 19.4 Å². The smallest absolute Gasteiger partial charge is 0.110 e. The summed E-state index contributed by atoms with van der Waals surface area (Å²) in [6, 6.07) is 8.36. The van der Waals surface area contributed by atoms with Crippen LogP contribution in [-0.2, 0) is 0 Å². The van der Waals surface area contributed by atoms with Crippen molar-refractivity contribution < 1.29 is 0 Å². The van der Waals surface area contributed by atoms with E-state index in [-0.39, 0.29) is 0 Å². The molecular formula is C10H12N2. The number of benzene rings is 1. The van der Waals surface area contributed by atoms with Gasteiger partial charge in [-0.05, 0) is 13.0 Å². The second kappa shape index (κ2) is 2.63. The number of anilines is 1. The van der Waals surface area contributed by atoms with Crippen molar-refractivity contribution in [2.24, 2.45) is 4.99 Å². The molecule has 1 aromatic rings. The van der Waals surface area contributed by atoms with Crippen LogP contribution in [0.5, 0.6) is 0 Å². The molecule has 12 heavy (non-hydrogen) atoms. The highest BCUT2D eigenvalue weighted by molar-refractivity contribution is 6.04. The maximum Gasteiger partial charge on any atom is 0.110 e. The number of hydrogen-bond donors (Lipinski definition) is 0. The molecule has 0 saturated heterocycles. The molecule has 2 rings (SSSR count). The maximum absolute atomic E-state index is 4.39. The van der Waals surface area contributed by atoms with E-state index < -0.39 is 0 Å². The Morgan fingerprint density at radius 2 is 2.08 bits per heavy atom. The van der Waals surface area contributed by atoms with Crippen LogP contribution in [0.15, 0.2) is 29.3 Å². The molecule has 1 aromatic carbocycles. The first-order valence-corrected chi connectivity index (χ1v) is 4.10. The molecular weight excluding hydrogens is 148 g/mol. The van der Waals surface area contributed by atoms with Crippen molar-refractivity contribution in [1.29, 1.82) is 0 Å². The average Bonchev–Trinajstić information content (AvgIpc) is 2.12. The molecule has 0 aliphatic carbocycles. The highest BCUT2D eigenvalue weighted by atomic mass is 15.2. The molecule has 0 saturated carbocycles. The van der Waals surface area contributed by atoms with Crippen molar-refractivity contribution >= 4 is 11.4 Å². The van der Waals surface area contributed by atoms with Crippen molar-refractivity contribution in [1.82, 2.24) is 0 Å². The molecule has 0 N–H and O–H groups in total. The van der Waals surface area contributed by atoms with E-state index in [4.69, 9.17) is 0 Å². The Hall–Kier alpha value is -1.31. The lowest BCUT2D eigenvalue weighted by atomic mass is 10.1. The zero-order valence-electron chi connectivity index (χ0n) is 7.41. The highest BCUT2D eigenvalue weighted by Gasteiger charge is 2.12. The van der Waals surface area contributed by atoms with Crippen LogP contribution in [0.3, 0.4) is 0 Å². The van der Waals surface area contributed by atoms with Gasteiger partial charge in [0.2, 0.25) is 0 Å². The fourth-order valence-electron chi connectivity index (χ4n) is 1.49. The van der Waals surface area contributed by atoms with E-state index in [1.54, 1.807) is 0 Å². The van der Waals surface area contributed by atoms with Crippen molar-refractivity contribution in [3.8, 4) is 0 Å². The van der Waals surface area contributed by atoms with Gasteiger partial charge in [-0.15, -0.1) is 0 Å². The Labute approximate surface area is 72.5 Å². The molecule has 0 aromatic heterocycles. The van der Waals surface area contributed by atoms with Crippen LogP contribution in [0.1, 0.15) is 12.5 Å². The molecule has 0 fully saturated rings. The Bertz CT molecular complexity index is 328. The number of aliphatic imine (C=N–C) groups is 1. The quantitative estimate of drug-likeness (QED) is 0.566. The molecule has 2 heteroatoms. The van der Waals surface area contributed by atoms with Gasteiger partial charge in [-0.2, -0.15) is 0 Å². The Kier molecular flexibility index (Phi) is 1.61. The molecule has 1 aliphatic heterocycles. The van der Waals surface area contributed by atoms with Gasteiger partial charge in [-0.1, -0.05) is 18.2 Å². The summed E-state index contributed by atoms with van der Waals surface area (Å²) in [5.74, 6) is 0. The Balaban J connectivity index is 2.58. The van der Waals surface area contributed by atoms with Gasteiger partial charge >= 0.3 is 0 Å². The van der Waals surface area contributed by atoms with Gasteiger partial charge < -0.3 is 4.90 Å². The monoisotopic (exact) mass is 160 g/mol. The number of hydrogen-bond acceptors (Lipinski definition) is 2. The van der Waals surface area contributed by atoms with Gasteiger partial charge in [0.15, 0.2) is 0 Å². The predicted molar refractivity (Wildman–Crippen MR) is 51.9 cm³/mol. The molecule has 1 heterocycles. The summed E-state index contributed by atoms with van der Waals surface area (Å²) in [5.41, 5.74) is 3.68. The SMILES string of the molecule is CC1=NCN(C)c2ccccc21.